The van der Waals surface area contributed by atoms with E-state index in [1.165, 1.54) is 44.9 Å². The Hall–Kier alpha value is -0.330. The van der Waals surface area contributed by atoms with Crippen LogP contribution in [0.1, 0.15) is 79.6 Å². The largest absolute Gasteiger partial charge is 0.313 e. The molecular weight excluding hydrogens is 254 g/mol. The second-order valence-corrected chi connectivity index (χ2v) is 8.46. The summed E-state index contributed by atoms with van der Waals surface area (Å²) in [5.74, 6) is 4.96. The van der Waals surface area contributed by atoms with Gasteiger partial charge in [0, 0.05) is 0 Å². The van der Waals surface area contributed by atoms with Crippen LogP contribution in [0.15, 0.2) is 0 Å². The van der Waals surface area contributed by atoms with Crippen LogP contribution in [0.5, 0.6) is 0 Å². The molecule has 2 aliphatic rings. The van der Waals surface area contributed by atoms with Crippen molar-refractivity contribution in [2.24, 2.45) is 40.9 Å². The minimum Gasteiger partial charge on any atom is -0.313 e. The van der Waals surface area contributed by atoms with Gasteiger partial charge in [-0.2, -0.15) is 0 Å². The summed E-state index contributed by atoms with van der Waals surface area (Å²) < 4.78 is 0. The summed E-state index contributed by atoms with van der Waals surface area (Å²) >= 11 is 0. The maximum absolute atomic E-state index is 7.52. The van der Waals surface area contributed by atoms with Crippen LogP contribution in [0.3, 0.4) is 0 Å². The zero-order valence-corrected chi connectivity index (χ0v) is 15.0. The Morgan fingerprint density at radius 3 is 2.33 bits per heavy atom. The molecule has 0 heterocycles. The molecule has 1 heteroatoms. The van der Waals surface area contributed by atoms with Crippen molar-refractivity contribution in [3.8, 4) is 0 Å². The van der Waals surface area contributed by atoms with E-state index in [1.807, 2.05) is 0 Å². The minimum atomic E-state index is 0.607. The molecule has 0 radical (unpaired) electrons. The highest BCUT2D eigenvalue weighted by molar-refractivity contribution is 5.61. The fraction of sp³-hybridized carbons (Fsp3) is 0.950. The quantitative estimate of drug-likeness (QED) is 0.491. The second kappa shape index (κ2) is 6.84. The van der Waals surface area contributed by atoms with E-state index in [0.29, 0.717) is 11.3 Å². The summed E-state index contributed by atoms with van der Waals surface area (Å²) in [5.41, 5.74) is 0.633. The van der Waals surface area contributed by atoms with Gasteiger partial charge in [0.1, 0.15) is 0 Å². The summed E-state index contributed by atoms with van der Waals surface area (Å²) in [6.07, 6.45) is 11.4. The molecule has 2 aliphatic carbocycles. The Balaban J connectivity index is 1.97. The van der Waals surface area contributed by atoms with Crippen LogP contribution in [0.2, 0.25) is 0 Å². The van der Waals surface area contributed by atoms with Gasteiger partial charge in [-0.25, -0.2) is 0 Å². The topological polar surface area (TPSA) is 23.9 Å². The average Bonchev–Trinajstić information content (AvgIpc) is 3.28. The van der Waals surface area contributed by atoms with Gasteiger partial charge in [0.05, 0.1) is 0 Å². The van der Waals surface area contributed by atoms with E-state index >= 15 is 0 Å². The van der Waals surface area contributed by atoms with Crippen LogP contribution in [0.4, 0.5) is 0 Å². The van der Waals surface area contributed by atoms with Gasteiger partial charge in [-0.3, -0.25) is 0 Å². The predicted molar refractivity (Wildman–Crippen MR) is 92.8 cm³/mol. The first kappa shape index (κ1) is 17.0. The molecule has 6 atom stereocenters. The van der Waals surface area contributed by atoms with Crippen LogP contribution in [0, 0.1) is 46.3 Å². The standard InChI is InChI=1S/C20H37N/c1-6-16(7-2)18(15(4)19-12-17(19)13-21)9-11-20(5)10-8-14(20)3/h13-19,21H,6-12H2,1-5H3. The molecule has 0 spiro atoms. The van der Waals surface area contributed by atoms with Crippen molar-refractivity contribution in [1.82, 2.24) is 0 Å². The third-order valence-corrected chi connectivity index (χ3v) is 7.50. The number of rotatable bonds is 9. The Labute approximate surface area is 132 Å². The summed E-state index contributed by atoms with van der Waals surface area (Å²) in [6, 6.07) is 0. The van der Waals surface area contributed by atoms with Crippen LogP contribution in [-0.4, -0.2) is 6.21 Å². The molecule has 122 valence electrons. The molecule has 1 N–H and O–H groups in total. The third-order valence-electron chi connectivity index (χ3n) is 7.50. The van der Waals surface area contributed by atoms with Crippen molar-refractivity contribution in [1.29, 1.82) is 5.41 Å². The first-order chi connectivity index (χ1) is 9.96. The first-order valence-corrected chi connectivity index (χ1v) is 9.47. The van der Waals surface area contributed by atoms with Crippen LogP contribution < -0.4 is 0 Å². The summed E-state index contributed by atoms with van der Waals surface area (Å²) in [6.45, 7) is 12.2. The van der Waals surface area contributed by atoms with E-state index in [0.717, 1.165) is 29.6 Å². The molecule has 0 saturated heterocycles. The molecule has 0 aromatic carbocycles. The summed E-state index contributed by atoms with van der Waals surface area (Å²) in [7, 11) is 0. The first-order valence-electron chi connectivity index (χ1n) is 9.47. The Morgan fingerprint density at radius 1 is 1.29 bits per heavy atom. The number of hydrogen-bond acceptors (Lipinski definition) is 1. The molecule has 1 nitrogen and oxygen atoms in total. The number of nitrogens with one attached hydrogen (secondary N) is 1. The van der Waals surface area contributed by atoms with Gasteiger partial charge in [-0.05, 0) is 79.2 Å². The Kier molecular flexibility index (Phi) is 5.54. The van der Waals surface area contributed by atoms with Crippen molar-refractivity contribution >= 4 is 6.21 Å². The molecule has 0 aromatic rings. The predicted octanol–water partition coefficient (Wildman–Crippen LogP) is 6.18. The molecule has 2 rings (SSSR count). The van der Waals surface area contributed by atoms with E-state index in [1.54, 1.807) is 6.21 Å². The van der Waals surface area contributed by atoms with E-state index in [2.05, 4.69) is 34.6 Å². The van der Waals surface area contributed by atoms with E-state index < -0.39 is 0 Å². The molecule has 0 amide bonds. The maximum atomic E-state index is 7.52. The van der Waals surface area contributed by atoms with E-state index in [4.69, 9.17) is 5.41 Å². The fourth-order valence-corrected chi connectivity index (χ4v) is 4.97. The lowest BCUT2D eigenvalue weighted by molar-refractivity contribution is 0.0363. The highest BCUT2D eigenvalue weighted by Gasteiger charge is 2.45. The highest BCUT2D eigenvalue weighted by atomic mass is 14.5. The normalized spacial score (nSPS) is 37.9. The third kappa shape index (κ3) is 3.54. The Bertz CT molecular complexity index is 346. The van der Waals surface area contributed by atoms with E-state index in [-0.39, 0.29) is 0 Å². The Morgan fingerprint density at radius 2 is 1.95 bits per heavy atom. The smallest absolute Gasteiger partial charge is 0.00138 e. The SMILES string of the molecule is CCC(CC)C(CCC1(C)CCC1C)C(C)C1CC1C=N. The minimum absolute atomic E-state index is 0.607. The van der Waals surface area contributed by atoms with Crippen LogP contribution in [0.25, 0.3) is 0 Å². The molecular formula is C20H37N. The van der Waals surface area contributed by atoms with Crippen molar-refractivity contribution in [2.45, 2.75) is 79.6 Å². The lowest BCUT2D eigenvalue weighted by Crippen LogP contribution is -2.37. The van der Waals surface area contributed by atoms with Crippen molar-refractivity contribution < 1.29 is 0 Å². The zero-order valence-electron chi connectivity index (χ0n) is 15.0. The fourth-order valence-electron chi connectivity index (χ4n) is 4.97. The van der Waals surface area contributed by atoms with Gasteiger partial charge in [-0.15, -0.1) is 0 Å². The van der Waals surface area contributed by atoms with Crippen molar-refractivity contribution in [3.05, 3.63) is 0 Å². The maximum Gasteiger partial charge on any atom is -0.00138 e. The van der Waals surface area contributed by atoms with Crippen LogP contribution >= 0.6 is 0 Å². The molecule has 2 saturated carbocycles. The molecule has 6 unspecified atom stereocenters. The van der Waals surface area contributed by atoms with Crippen LogP contribution in [-0.2, 0) is 0 Å². The summed E-state index contributed by atoms with van der Waals surface area (Å²) in [4.78, 5) is 0. The molecule has 0 bridgehead atoms. The molecule has 0 aromatic heterocycles. The van der Waals surface area contributed by atoms with Gasteiger partial charge in [0.15, 0.2) is 0 Å². The molecule has 21 heavy (non-hydrogen) atoms. The summed E-state index contributed by atoms with van der Waals surface area (Å²) in [5, 5.41) is 7.52. The highest BCUT2D eigenvalue weighted by Crippen LogP contribution is 2.53. The number of hydrogen-bond donors (Lipinski definition) is 1. The lowest BCUT2D eigenvalue weighted by Gasteiger charge is -2.47. The van der Waals surface area contributed by atoms with Crippen molar-refractivity contribution in [3.63, 3.8) is 0 Å². The monoisotopic (exact) mass is 291 g/mol. The second-order valence-electron chi connectivity index (χ2n) is 8.46. The van der Waals surface area contributed by atoms with Gasteiger partial charge in [0.25, 0.3) is 0 Å². The van der Waals surface area contributed by atoms with Gasteiger partial charge in [-0.1, -0.05) is 47.5 Å². The zero-order chi connectivity index (χ0) is 15.6. The lowest BCUT2D eigenvalue weighted by atomic mass is 9.58. The van der Waals surface area contributed by atoms with E-state index in [9.17, 15) is 0 Å². The molecule has 0 aliphatic heterocycles. The molecule has 2 fully saturated rings. The van der Waals surface area contributed by atoms with Gasteiger partial charge in [0.2, 0.25) is 0 Å². The average molecular weight is 292 g/mol. The van der Waals surface area contributed by atoms with Gasteiger partial charge >= 0.3 is 0 Å². The van der Waals surface area contributed by atoms with Gasteiger partial charge < -0.3 is 5.41 Å². The van der Waals surface area contributed by atoms with Crippen molar-refractivity contribution in [2.75, 3.05) is 0 Å².